The van der Waals surface area contributed by atoms with Crippen molar-refractivity contribution in [2.45, 2.75) is 65.2 Å². The zero-order chi connectivity index (χ0) is 35.1. The Bertz CT molecular complexity index is 2140. The molecule has 12 heteroatoms. The smallest absolute Gasteiger partial charge is 0.306 e. The van der Waals surface area contributed by atoms with Crippen LogP contribution in [-0.2, 0) is 39.9 Å². The Morgan fingerprint density at radius 3 is 2.71 bits per heavy atom. The summed E-state index contributed by atoms with van der Waals surface area (Å²) in [6.45, 7) is 7.69. The number of aromatic nitrogens is 5. The molecule has 0 radical (unpaired) electrons. The summed E-state index contributed by atoms with van der Waals surface area (Å²) in [4.78, 5) is 24.2. The molecule has 0 amide bonds. The average Bonchev–Trinajstić information content (AvgIpc) is 3.66. The number of nitrogens with zero attached hydrogens (tertiary/aromatic N) is 4. The fourth-order valence-corrected chi connectivity index (χ4v) is 8.92. The summed E-state index contributed by atoms with van der Waals surface area (Å²) >= 11 is 0. The number of ether oxygens (including phenoxy) is 1. The zero-order valence-corrected chi connectivity index (χ0v) is 29.3. The number of benzene rings is 2. The molecule has 5 aromatic rings. The van der Waals surface area contributed by atoms with E-state index in [2.05, 4.69) is 16.9 Å². The quantitative estimate of drug-likeness (QED) is 0.205. The summed E-state index contributed by atoms with van der Waals surface area (Å²) in [6.07, 6.45) is 5.64. The van der Waals surface area contributed by atoms with Crippen LogP contribution < -0.4 is 4.74 Å². The first kappa shape index (κ1) is 34.3. The Kier molecular flexibility index (Phi) is 9.12. The molecule has 6 rings (SSSR count). The first-order valence-corrected chi connectivity index (χ1v) is 18.3. The van der Waals surface area contributed by atoms with E-state index < -0.39 is 38.4 Å². The van der Waals surface area contributed by atoms with Gasteiger partial charge < -0.3 is 14.8 Å². The maximum absolute atomic E-state index is 15.7. The van der Waals surface area contributed by atoms with E-state index in [9.17, 15) is 18.3 Å². The lowest BCUT2D eigenvalue weighted by Gasteiger charge is -2.31. The van der Waals surface area contributed by atoms with Crippen molar-refractivity contribution in [3.63, 3.8) is 0 Å². The van der Waals surface area contributed by atoms with Crippen molar-refractivity contribution in [2.24, 2.45) is 18.4 Å². The minimum absolute atomic E-state index is 0.0249. The molecule has 0 spiro atoms. The van der Waals surface area contributed by atoms with Gasteiger partial charge in [-0.05, 0) is 61.3 Å². The average molecular weight is 688 g/mol. The van der Waals surface area contributed by atoms with Gasteiger partial charge in [0.2, 0.25) is 0 Å². The fraction of sp³-hybridized carbons (Fsp3) is 0.405. The molecule has 2 N–H and O–H groups in total. The van der Waals surface area contributed by atoms with Gasteiger partial charge in [0.05, 0.1) is 22.8 Å². The topological polar surface area (TPSA) is 140 Å². The predicted molar refractivity (Wildman–Crippen MR) is 186 cm³/mol. The highest BCUT2D eigenvalue weighted by atomic mass is 32.2. The molecule has 49 heavy (non-hydrogen) atoms. The summed E-state index contributed by atoms with van der Waals surface area (Å²) in [5, 5.41) is 15.1. The second-order valence-electron chi connectivity index (χ2n) is 14.3. The van der Waals surface area contributed by atoms with Crippen molar-refractivity contribution in [1.82, 2.24) is 24.7 Å². The number of aliphatic carboxylic acids is 1. The van der Waals surface area contributed by atoms with Crippen LogP contribution in [0.4, 0.5) is 4.39 Å². The monoisotopic (exact) mass is 687 g/mol. The molecule has 4 heterocycles. The van der Waals surface area contributed by atoms with Gasteiger partial charge in [0.25, 0.3) is 0 Å². The van der Waals surface area contributed by atoms with Gasteiger partial charge in [-0.15, -0.1) is 0 Å². The highest BCUT2D eigenvalue weighted by molar-refractivity contribution is 7.91. The Morgan fingerprint density at radius 1 is 1.14 bits per heavy atom. The molecule has 0 unspecified atom stereocenters. The second-order valence-corrected chi connectivity index (χ2v) is 16.5. The van der Waals surface area contributed by atoms with Gasteiger partial charge in [-0.3, -0.25) is 9.78 Å². The molecule has 2 atom stereocenters. The van der Waals surface area contributed by atoms with Gasteiger partial charge in [0.1, 0.15) is 11.4 Å². The minimum Gasteiger partial charge on any atom is -0.481 e. The third kappa shape index (κ3) is 7.24. The summed E-state index contributed by atoms with van der Waals surface area (Å²) in [6, 6.07) is 14.3. The van der Waals surface area contributed by atoms with Gasteiger partial charge in [0.15, 0.2) is 33.1 Å². The van der Waals surface area contributed by atoms with Crippen molar-refractivity contribution < 1.29 is 27.4 Å². The Labute approximate surface area is 285 Å². The van der Waals surface area contributed by atoms with E-state index in [0.29, 0.717) is 65.2 Å². The van der Waals surface area contributed by atoms with Crippen molar-refractivity contribution in [3.8, 4) is 23.0 Å². The summed E-state index contributed by atoms with van der Waals surface area (Å²) in [5.41, 5.74) is 2.11. The SMILES string of the molecule is C[C@@H](Cc1cccc([C@@]2(C)CCCC(C)(C)CS(=O)(=O)CCc3c(c(F)cc4[nH]ccc34)Oc3ccnc(c3)-c3nc2nn3C)c1)C(=O)O. The maximum Gasteiger partial charge on any atom is 0.306 e. The van der Waals surface area contributed by atoms with E-state index >= 15 is 4.39 Å². The Hall–Kier alpha value is -4.58. The molecule has 0 fully saturated rings. The first-order valence-electron chi connectivity index (χ1n) is 16.5. The van der Waals surface area contributed by atoms with Gasteiger partial charge >= 0.3 is 5.97 Å². The van der Waals surface area contributed by atoms with Crippen LogP contribution in [0.25, 0.3) is 22.4 Å². The first-order chi connectivity index (χ1) is 23.1. The van der Waals surface area contributed by atoms with Crippen molar-refractivity contribution in [1.29, 1.82) is 0 Å². The molecular formula is C37H42FN5O5S. The molecule has 2 aromatic carbocycles. The molecule has 0 saturated carbocycles. The van der Waals surface area contributed by atoms with Crippen LogP contribution in [0.15, 0.2) is 60.9 Å². The second kappa shape index (κ2) is 13.0. The molecule has 1 aliphatic heterocycles. The van der Waals surface area contributed by atoms with Crippen LogP contribution in [-0.4, -0.2) is 55.7 Å². The van der Waals surface area contributed by atoms with Gasteiger partial charge in [-0.1, -0.05) is 51.5 Å². The van der Waals surface area contributed by atoms with E-state index in [1.165, 1.54) is 6.07 Å². The third-order valence-electron chi connectivity index (χ3n) is 9.63. The molecule has 4 bridgehead atoms. The number of sulfone groups is 1. The largest absolute Gasteiger partial charge is 0.481 e. The highest BCUT2D eigenvalue weighted by Crippen LogP contribution is 2.40. The number of pyridine rings is 1. The number of rotatable bonds is 4. The number of aromatic amines is 1. The van der Waals surface area contributed by atoms with Gasteiger partial charge in [-0.2, -0.15) is 5.10 Å². The molecule has 0 saturated heterocycles. The fourth-order valence-electron chi connectivity index (χ4n) is 6.92. The van der Waals surface area contributed by atoms with Crippen molar-refractivity contribution in [2.75, 3.05) is 11.5 Å². The molecular weight excluding hydrogens is 646 g/mol. The van der Waals surface area contributed by atoms with E-state index in [-0.39, 0.29) is 23.7 Å². The Balaban J connectivity index is 1.47. The van der Waals surface area contributed by atoms with Crippen molar-refractivity contribution in [3.05, 3.63) is 89.3 Å². The lowest BCUT2D eigenvalue weighted by atomic mass is 9.75. The zero-order valence-electron chi connectivity index (χ0n) is 28.5. The Morgan fingerprint density at radius 2 is 1.94 bits per heavy atom. The minimum atomic E-state index is -3.55. The van der Waals surface area contributed by atoms with E-state index in [1.54, 1.807) is 49.2 Å². The third-order valence-corrected chi connectivity index (χ3v) is 11.7. The van der Waals surface area contributed by atoms with Gasteiger partial charge in [0, 0.05) is 48.0 Å². The summed E-state index contributed by atoms with van der Waals surface area (Å²) < 4.78 is 50.8. The normalized spacial score (nSPS) is 20.0. The number of H-pyrrole nitrogens is 1. The number of hydrogen-bond donors (Lipinski definition) is 2. The van der Waals surface area contributed by atoms with Crippen LogP contribution >= 0.6 is 0 Å². The molecule has 0 aliphatic carbocycles. The lowest BCUT2D eigenvalue weighted by Crippen LogP contribution is -2.29. The number of carboxylic acid groups (broad SMARTS) is 1. The summed E-state index contributed by atoms with van der Waals surface area (Å²) in [5.74, 6) is -0.852. The van der Waals surface area contributed by atoms with Crippen molar-refractivity contribution >= 4 is 26.7 Å². The van der Waals surface area contributed by atoms with E-state index in [0.717, 1.165) is 11.1 Å². The summed E-state index contributed by atoms with van der Waals surface area (Å²) in [7, 11) is -1.76. The van der Waals surface area contributed by atoms with Crippen LogP contribution in [0.1, 0.15) is 69.5 Å². The van der Waals surface area contributed by atoms with Crippen LogP contribution in [0.5, 0.6) is 11.5 Å². The number of fused-ring (bicyclic) bond motifs is 8. The lowest BCUT2D eigenvalue weighted by molar-refractivity contribution is -0.141. The van der Waals surface area contributed by atoms with Crippen LogP contribution in [0.3, 0.4) is 0 Å². The number of nitrogens with one attached hydrogen (secondary N) is 1. The van der Waals surface area contributed by atoms with Crippen LogP contribution in [0, 0.1) is 17.2 Å². The number of aryl methyl sites for hydroxylation is 2. The number of hydrogen-bond acceptors (Lipinski definition) is 7. The van der Waals surface area contributed by atoms with E-state index in [4.69, 9.17) is 14.8 Å². The standard InChI is InChI=1S/C37H42FN5O5S/c1-23(34(44)45)18-24-8-6-9-25(19-24)37(4)14-7-13-36(2,3)22-49(46,47)17-12-28-27-11-16-39-30(27)21-29(38)32(28)48-26-10-15-40-31(20-26)33-41-35(37)42-43(33)5/h6,8-11,15-16,19-21,23,39H,7,12-14,17-18,22H2,1-5H3,(H,44,45)/t23-,37+/m0/s1. The molecule has 258 valence electrons. The molecule has 3 aromatic heterocycles. The maximum atomic E-state index is 15.7. The molecule has 10 nitrogen and oxygen atoms in total. The number of carbonyl (C=O) groups is 1. The predicted octanol–water partition coefficient (Wildman–Crippen LogP) is 7.03. The van der Waals surface area contributed by atoms with Crippen LogP contribution in [0.2, 0.25) is 0 Å². The number of halogens is 1. The van der Waals surface area contributed by atoms with Gasteiger partial charge in [-0.25, -0.2) is 22.5 Å². The highest BCUT2D eigenvalue weighted by Gasteiger charge is 2.36. The molecule has 1 aliphatic rings. The number of carboxylic acids is 1. The van der Waals surface area contributed by atoms with E-state index in [1.807, 2.05) is 38.1 Å².